The van der Waals surface area contributed by atoms with Crippen LogP contribution < -0.4 is 5.14 Å². The van der Waals surface area contributed by atoms with Gasteiger partial charge in [0.15, 0.2) is 0 Å². The van der Waals surface area contributed by atoms with E-state index in [0.29, 0.717) is 0 Å². The molecule has 0 bridgehead atoms. The van der Waals surface area contributed by atoms with Gasteiger partial charge in [-0.15, -0.1) is 24.0 Å². The maximum Gasteiger partial charge on any atom is 0.330 e. The van der Waals surface area contributed by atoms with E-state index in [-0.39, 0.29) is 24.0 Å². The van der Waals surface area contributed by atoms with E-state index < -0.39 is 10.3 Å². The molecule has 0 aliphatic rings. The maximum atomic E-state index is 8.97. The van der Waals surface area contributed by atoms with Gasteiger partial charge in [0.25, 0.3) is 0 Å². The van der Waals surface area contributed by atoms with E-state index in [2.05, 4.69) is 5.14 Å². The van der Waals surface area contributed by atoms with Crippen molar-refractivity contribution in [3.05, 3.63) is 0 Å². The minimum Gasteiger partial charge on any atom is -0.274 e. The van der Waals surface area contributed by atoms with Gasteiger partial charge in [-0.1, -0.05) is 0 Å². The van der Waals surface area contributed by atoms with Crippen LogP contribution in [0.5, 0.6) is 0 Å². The van der Waals surface area contributed by atoms with Crippen LogP contribution >= 0.6 is 24.0 Å². The molecule has 0 unspecified atom stereocenters. The van der Waals surface area contributed by atoms with Crippen LogP contribution in [-0.2, 0) is 10.3 Å². The zero-order valence-electron chi connectivity index (χ0n) is 2.66. The summed E-state index contributed by atoms with van der Waals surface area (Å²) in [7, 11) is -4.17. The van der Waals surface area contributed by atoms with Gasteiger partial charge in [-0.3, -0.25) is 4.55 Å². The summed E-state index contributed by atoms with van der Waals surface area (Å²) in [6.45, 7) is 0. The van der Waals surface area contributed by atoms with Crippen molar-refractivity contribution in [3.63, 3.8) is 0 Å². The van der Waals surface area contributed by atoms with Crippen LogP contribution in [0.1, 0.15) is 0 Å². The molecule has 0 amide bonds. The Morgan fingerprint density at radius 1 is 1.50 bits per heavy atom. The molecule has 6 heteroatoms. The van der Waals surface area contributed by atoms with Crippen molar-refractivity contribution in [3.8, 4) is 0 Å². The first-order chi connectivity index (χ1) is 2.00. The summed E-state index contributed by atoms with van der Waals surface area (Å²) in [5.74, 6) is 0. The molecule has 0 spiro atoms. The fourth-order valence-corrected chi connectivity index (χ4v) is 0. The Kier molecular flexibility index (Phi) is 4.43. The van der Waals surface area contributed by atoms with E-state index in [1.165, 1.54) is 0 Å². The first-order valence-electron chi connectivity index (χ1n) is 0.752. The zero-order valence-corrected chi connectivity index (χ0v) is 5.80. The van der Waals surface area contributed by atoms with Gasteiger partial charge in [-0.05, 0) is 0 Å². The van der Waals surface area contributed by atoms with Crippen LogP contribution in [0.15, 0.2) is 0 Å². The normalized spacial score (nSPS) is 9.67. The van der Waals surface area contributed by atoms with E-state index in [9.17, 15) is 0 Å². The Labute approximate surface area is 52.6 Å². The third kappa shape index (κ3) is 166. The predicted molar refractivity (Wildman–Crippen MR) is 31.2 cm³/mol. The third-order valence-electron chi connectivity index (χ3n) is 0. The third-order valence-corrected chi connectivity index (χ3v) is 0. The number of rotatable bonds is 0. The summed E-state index contributed by atoms with van der Waals surface area (Å²) in [6, 6.07) is 0. The lowest BCUT2D eigenvalue weighted by atomic mass is 13.9. The van der Waals surface area contributed by atoms with Crippen molar-refractivity contribution in [1.29, 1.82) is 0 Å². The molecule has 0 radical (unpaired) electrons. The van der Waals surface area contributed by atoms with Crippen molar-refractivity contribution in [2.24, 2.45) is 5.14 Å². The number of hydrogen-bond donors (Lipinski definition) is 2. The van der Waals surface area contributed by atoms with E-state index in [1.807, 2.05) is 0 Å². The van der Waals surface area contributed by atoms with Crippen molar-refractivity contribution < 1.29 is 13.0 Å². The standard InChI is InChI=1S/HI.H3NO3S/c;1-5(2,3)4/h1H;(H3,1,2,3,4). The highest BCUT2D eigenvalue weighted by Gasteiger charge is 1.81. The molecule has 0 aromatic carbocycles. The Balaban J connectivity index is 0. The first-order valence-corrected chi connectivity index (χ1v) is 2.25. The molecular weight excluding hydrogens is 221 g/mol. The summed E-state index contributed by atoms with van der Waals surface area (Å²) in [5, 5.41) is 3.88. The lowest BCUT2D eigenvalue weighted by molar-refractivity contribution is 0.485. The average molecular weight is 225 g/mol. The summed E-state index contributed by atoms with van der Waals surface area (Å²) >= 11 is 0. The molecule has 0 rings (SSSR count). The lowest BCUT2D eigenvalue weighted by Crippen LogP contribution is -2.08. The SMILES string of the molecule is I.NS(=O)(=O)O. The quantitative estimate of drug-likeness (QED) is 0.425. The Hall–Kier alpha value is 0.600. The predicted octanol–water partition coefficient (Wildman–Crippen LogP) is -0.634. The molecule has 0 aliphatic carbocycles. The molecule has 3 N–H and O–H groups in total. The molecule has 6 heavy (non-hydrogen) atoms. The van der Waals surface area contributed by atoms with Gasteiger partial charge in [-0.25, -0.2) is 5.14 Å². The largest absolute Gasteiger partial charge is 0.330 e. The summed E-state index contributed by atoms with van der Waals surface area (Å²) in [4.78, 5) is 0. The van der Waals surface area contributed by atoms with Crippen molar-refractivity contribution in [1.82, 2.24) is 0 Å². The molecule has 0 aromatic heterocycles. The van der Waals surface area contributed by atoms with Gasteiger partial charge < -0.3 is 0 Å². The minimum absolute atomic E-state index is 0. The molecule has 0 atom stereocenters. The molecule has 0 fully saturated rings. The molecular formula is H4INO3S. The van der Waals surface area contributed by atoms with Gasteiger partial charge in [-0.2, -0.15) is 8.42 Å². The highest BCUT2D eigenvalue weighted by molar-refractivity contribution is 14.0. The fourth-order valence-electron chi connectivity index (χ4n) is 0. The van der Waals surface area contributed by atoms with Crippen molar-refractivity contribution in [2.75, 3.05) is 0 Å². The first kappa shape index (κ1) is 9.78. The topological polar surface area (TPSA) is 80.4 Å². The van der Waals surface area contributed by atoms with Gasteiger partial charge in [0, 0.05) is 0 Å². The van der Waals surface area contributed by atoms with Crippen molar-refractivity contribution in [2.45, 2.75) is 0 Å². The summed E-state index contributed by atoms with van der Waals surface area (Å²) < 4.78 is 25.2. The van der Waals surface area contributed by atoms with Crippen LogP contribution in [-0.4, -0.2) is 13.0 Å². The molecule has 40 valence electrons. The molecule has 0 saturated heterocycles. The second-order valence-electron chi connectivity index (χ2n) is 0.515. The highest BCUT2D eigenvalue weighted by Crippen LogP contribution is 1.50. The second-order valence-corrected chi connectivity index (χ2v) is 1.54. The Bertz CT molecular complexity index is 94.0. The van der Waals surface area contributed by atoms with E-state index in [1.54, 1.807) is 0 Å². The molecule has 0 aliphatic heterocycles. The molecule has 0 heterocycles. The van der Waals surface area contributed by atoms with Crippen LogP contribution in [0.3, 0.4) is 0 Å². The highest BCUT2D eigenvalue weighted by atomic mass is 127. The maximum absolute atomic E-state index is 8.97. The fraction of sp³-hybridized carbons (Fsp3) is 0. The summed E-state index contributed by atoms with van der Waals surface area (Å²) in [5.41, 5.74) is 0. The van der Waals surface area contributed by atoms with E-state index >= 15 is 0 Å². The second kappa shape index (κ2) is 2.72. The number of nitrogens with two attached hydrogens (primary N) is 1. The van der Waals surface area contributed by atoms with Crippen LogP contribution in [0.2, 0.25) is 0 Å². The lowest BCUT2D eigenvalue weighted by Gasteiger charge is -1.70. The van der Waals surface area contributed by atoms with E-state index in [4.69, 9.17) is 13.0 Å². The number of hydrogen-bond acceptors (Lipinski definition) is 2. The van der Waals surface area contributed by atoms with E-state index in [0.717, 1.165) is 0 Å². The van der Waals surface area contributed by atoms with Crippen molar-refractivity contribution >= 4 is 34.3 Å². The molecule has 0 saturated carbocycles. The van der Waals surface area contributed by atoms with Crippen LogP contribution in [0.25, 0.3) is 0 Å². The van der Waals surface area contributed by atoms with Crippen LogP contribution in [0, 0.1) is 0 Å². The molecule has 0 aromatic rings. The minimum atomic E-state index is -4.17. The smallest absolute Gasteiger partial charge is 0.274 e. The zero-order chi connectivity index (χ0) is 4.50. The van der Waals surface area contributed by atoms with Gasteiger partial charge in [0.1, 0.15) is 0 Å². The van der Waals surface area contributed by atoms with Gasteiger partial charge >= 0.3 is 10.3 Å². The molecule has 4 nitrogen and oxygen atoms in total. The Morgan fingerprint density at radius 2 is 1.50 bits per heavy atom. The average Bonchev–Trinajstić information content (AvgIpc) is 0.722. The summed E-state index contributed by atoms with van der Waals surface area (Å²) in [6.07, 6.45) is 0. The van der Waals surface area contributed by atoms with Gasteiger partial charge in [0.2, 0.25) is 0 Å². The number of halogens is 1. The monoisotopic (exact) mass is 225 g/mol. The van der Waals surface area contributed by atoms with Crippen LogP contribution in [0.4, 0.5) is 0 Å². The van der Waals surface area contributed by atoms with Gasteiger partial charge in [0.05, 0.1) is 0 Å². The Morgan fingerprint density at radius 3 is 1.50 bits per heavy atom.